The fourth-order valence-corrected chi connectivity index (χ4v) is 2.73. The van der Waals surface area contributed by atoms with Crippen molar-refractivity contribution in [3.05, 3.63) is 68.8 Å². The van der Waals surface area contributed by atoms with Crippen LogP contribution in [0.3, 0.4) is 0 Å². The first kappa shape index (κ1) is 15.5. The van der Waals surface area contributed by atoms with Crippen molar-refractivity contribution in [3.8, 4) is 0 Å². The molecule has 0 saturated heterocycles. The first-order chi connectivity index (χ1) is 9.69. The Kier molecular flexibility index (Phi) is 6.05. The Hall–Kier alpha value is -0.870. The van der Waals surface area contributed by atoms with Gasteiger partial charge in [0, 0.05) is 16.0 Å². The van der Waals surface area contributed by atoms with Crippen LogP contribution in [0.15, 0.2) is 48.5 Å². The van der Waals surface area contributed by atoms with E-state index in [-0.39, 0.29) is 0 Å². The second-order valence-electron chi connectivity index (χ2n) is 5.25. The SMILES string of the molecule is CCNCC(Cc1ccc(I)cc1)c1ccc(C)cc1. The molecule has 0 heterocycles. The van der Waals surface area contributed by atoms with E-state index in [2.05, 4.69) is 90.3 Å². The molecule has 0 bridgehead atoms. The number of likely N-dealkylation sites (N-methyl/N-ethyl adjacent to an activating group) is 1. The van der Waals surface area contributed by atoms with Crippen molar-refractivity contribution in [3.63, 3.8) is 0 Å². The summed E-state index contributed by atoms with van der Waals surface area (Å²) in [5.41, 5.74) is 4.16. The molecule has 0 aliphatic rings. The lowest BCUT2D eigenvalue weighted by Gasteiger charge is -2.18. The zero-order chi connectivity index (χ0) is 14.4. The third-order valence-electron chi connectivity index (χ3n) is 3.58. The number of rotatable bonds is 6. The van der Waals surface area contributed by atoms with Crippen LogP contribution in [0.4, 0.5) is 0 Å². The molecule has 1 nitrogen and oxygen atoms in total. The second kappa shape index (κ2) is 7.79. The first-order valence-corrected chi connectivity index (χ1v) is 8.28. The van der Waals surface area contributed by atoms with E-state index in [0.29, 0.717) is 5.92 Å². The van der Waals surface area contributed by atoms with E-state index in [4.69, 9.17) is 0 Å². The van der Waals surface area contributed by atoms with E-state index >= 15 is 0 Å². The maximum Gasteiger partial charge on any atom is 0.0130 e. The van der Waals surface area contributed by atoms with Crippen molar-refractivity contribution in [1.29, 1.82) is 0 Å². The molecule has 1 atom stereocenters. The largest absolute Gasteiger partial charge is 0.316 e. The lowest BCUT2D eigenvalue weighted by molar-refractivity contribution is 0.595. The molecule has 0 spiro atoms. The summed E-state index contributed by atoms with van der Waals surface area (Å²) in [6.45, 7) is 6.36. The van der Waals surface area contributed by atoms with E-state index in [1.165, 1.54) is 20.3 Å². The maximum absolute atomic E-state index is 3.49. The van der Waals surface area contributed by atoms with Crippen LogP contribution in [0.25, 0.3) is 0 Å². The summed E-state index contributed by atoms with van der Waals surface area (Å²) in [4.78, 5) is 0. The number of aryl methyl sites for hydroxylation is 1. The molecule has 0 amide bonds. The monoisotopic (exact) mass is 379 g/mol. The molecule has 20 heavy (non-hydrogen) atoms. The topological polar surface area (TPSA) is 12.0 Å². The van der Waals surface area contributed by atoms with Crippen molar-refractivity contribution in [1.82, 2.24) is 5.32 Å². The van der Waals surface area contributed by atoms with Crippen molar-refractivity contribution >= 4 is 22.6 Å². The van der Waals surface area contributed by atoms with Gasteiger partial charge >= 0.3 is 0 Å². The molecule has 2 aromatic rings. The normalized spacial score (nSPS) is 12.3. The van der Waals surface area contributed by atoms with Crippen LogP contribution in [0, 0.1) is 10.5 Å². The Bertz CT molecular complexity index is 516. The van der Waals surface area contributed by atoms with Crippen LogP contribution in [0.1, 0.15) is 29.5 Å². The molecule has 2 rings (SSSR count). The summed E-state index contributed by atoms with van der Waals surface area (Å²) in [6, 6.07) is 17.8. The van der Waals surface area contributed by atoms with Crippen molar-refractivity contribution in [2.24, 2.45) is 0 Å². The van der Waals surface area contributed by atoms with Crippen molar-refractivity contribution < 1.29 is 0 Å². The average Bonchev–Trinajstić information content (AvgIpc) is 2.46. The third kappa shape index (κ3) is 4.60. The maximum atomic E-state index is 3.49. The predicted octanol–water partition coefficient (Wildman–Crippen LogP) is 4.54. The minimum atomic E-state index is 0.538. The van der Waals surface area contributed by atoms with Crippen molar-refractivity contribution in [2.45, 2.75) is 26.2 Å². The van der Waals surface area contributed by atoms with Crippen LogP contribution in [0.5, 0.6) is 0 Å². The molecular formula is C18H22IN. The molecule has 0 saturated carbocycles. The van der Waals surface area contributed by atoms with E-state index in [9.17, 15) is 0 Å². The van der Waals surface area contributed by atoms with Gasteiger partial charge in [-0.15, -0.1) is 0 Å². The van der Waals surface area contributed by atoms with Gasteiger partial charge in [-0.05, 0) is 65.7 Å². The van der Waals surface area contributed by atoms with E-state index in [1.807, 2.05) is 0 Å². The zero-order valence-corrected chi connectivity index (χ0v) is 14.4. The summed E-state index contributed by atoms with van der Waals surface area (Å²) in [5, 5.41) is 3.49. The van der Waals surface area contributed by atoms with Crippen LogP contribution in [-0.4, -0.2) is 13.1 Å². The fourth-order valence-electron chi connectivity index (χ4n) is 2.37. The summed E-state index contributed by atoms with van der Waals surface area (Å²) in [6.07, 6.45) is 1.09. The van der Waals surface area contributed by atoms with E-state index in [1.54, 1.807) is 0 Å². The second-order valence-corrected chi connectivity index (χ2v) is 6.49. The molecule has 2 heteroatoms. The molecule has 1 N–H and O–H groups in total. The standard InChI is InChI=1S/C18H22IN/c1-3-20-13-17(16-8-4-14(2)5-9-16)12-15-6-10-18(19)11-7-15/h4-11,17,20H,3,12-13H2,1-2H3. The highest BCUT2D eigenvalue weighted by atomic mass is 127. The van der Waals surface area contributed by atoms with Crippen LogP contribution >= 0.6 is 22.6 Å². The molecule has 0 aliphatic heterocycles. The average molecular weight is 379 g/mol. The van der Waals surface area contributed by atoms with Gasteiger partial charge < -0.3 is 5.32 Å². The molecule has 106 valence electrons. The minimum Gasteiger partial charge on any atom is -0.316 e. The van der Waals surface area contributed by atoms with E-state index < -0.39 is 0 Å². The van der Waals surface area contributed by atoms with Gasteiger partial charge in [0.2, 0.25) is 0 Å². The van der Waals surface area contributed by atoms with Gasteiger partial charge in [-0.3, -0.25) is 0 Å². The minimum absolute atomic E-state index is 0.538. The van der Waals surface area contributed by atoms with Gasteiger partial charge in [-0.25, -0.2) is 0 Å². The van der Waals surface area contributed by atoms with Crippen LogP contribution < -0.4 is 5.32 Å². The first-order valence-electron chi connectivity index (χ1n) is 7.20. The smallest absolute Gasteiger partial charge is 0.0130 e. The Morgan fingerprint density at radius 2 is 1.65 bits per heavy atom. The highest BCUT2D eigenvalue weighted by molar-refractivity contribution is 14.1. The van der Waals surface area contributed by atoms with Crippen molar-refractivity contribution in [2.75, 3.05) is 13.1 Å². The van der Waals surface area contributed by atoms with Gasteiger partial charge in [-0.2, -0.15) is 0 Å². The summed E-state index contributed by atoms with van der Waals surface area (Å²) in [7, 11) is 0. The van der Waals surface area contributed by atoms with Gasteiger partial charge in [0.25, 0.3) is 0 Å². The highest BCUT2D eigenvalue weighted by Gasteiger charge is 2.12. The van der Waals surface area contributed by atoms with Gasteiger partial charge in [-0.1, -0.05) is 48.9 Å². The number of hydrogen-bond donors (Lipinski definition) is 1. The fraction of sp³-hybridized carbons (Fsp3) is 0.333. The lowest BCUT2D eigenvalue weighted by atomic mass is 9.91. The Morgan fingerprint density at radius 3 is 2.25 bits per heavy atom. The Labute approximate surface area is 135 Å². The van der Waals surface area contributed by atoms with Gasteiger partial charge in [0.15, 0.2) is 0 Å². The number of hydrogen-bond acceptors (Lipinski definition) is 1. The third-order valence-corrected chi connectivity index (χ3v) is 4.30. The van der Waals surface area contributed by atoms with Gasteiger partial charge in [0.05, 0.1) is 0 Å². The van der Waals surface area contributed by atoms with Crippen LogP contribution in [-0.2, 0) is 6.42 Å². The Balaban J connectivity index is 2.14. The molecule has 0 aliphatic carbocycles. The van der Waals surface area contributed by atoms with E-state index in [0.717, 1.165) is 19.5 Å². The van der Waals surface area contributed by atoms with Crippen LogP contribution in [0.2, 0.25) is 0 Å². The number of nitrogens with one attached hydrogen (secondary N) is 1. The lowest BCUT2D eigenvalue weighted by Crippen LogP contribution is -2.22. The number of halogens is 1. The molecule has 0 aromatic heterocycles. The molecular weight excluding hydrogens is 357 g/mol. The summed E-state index contributed by atoms with van der Waals surface area (Å²) < 4.78 is 1.30. The highest BCUT2D eigenvalue weighted by Crippen LogP contribution is 2.21. The molecule has 1 unspecified atom stereocenters. The quantitative estimate of drug-likeness (QED) is 0.727. The predicted molar refractivity (Wildman–Crippen MR) is 95.3 cm³/mol. The molecule has 0 radical (unpaired) electrons. The zero-order valence-electron chi connectivity index (χ0n) is 12.2. The summed E-state index contributed by atoms with van der Waals surface area (Å²) >= 11 is 2.36. The molecule has 2 aromatic carbocycles. The Morgan fingerprint density at radius 1 is 1.00 bits per heavy atom. The molecule has 0 fully saturated rings. The summed E-state index contributed by atoms with van der Waals surface area (Å²) in [5.74, 6) is 0.538. The number of benzene rings is 2. The van der Waals surface area contributed by atoms with Gasteiger partial charge in [0.1, 0.15) is 0 Å².